The van der Waals surface area contributed by atoms with Gasteiger partial charge in [0.05, 0.1) is 27.5 Å². The van der Waals surface area contributed by atoms with Gasteiger partial charge in [-0.1, -0.05) is 41.9 Å². The first-order valence-electron chi connectivity index (χ1n) is 10.9. The predicted molar refractivity (Wildman–Crippen MR) is 133 cm³/mol. The summed E-state index contributed by atoms with van der Waals surface area (Å²) in [7, 11) is 0. The maximum atomic E-state index is 13.0. The Morgan fingerprint density at radius 1 is 1.03 bits per heavy atom. The molecule has 170 valence electrons. The summed E-state index contributed by atoms with van der Waals surface area (Å²) < 4.78 is 1.73. The van der Waals surface area contributed by atoms with Gasteiger partial charge in [0.2, 0.25) is 0 Å². The van der Waals surface area contributed by atoms with Gasteiger partial charge in [0, 0.05) is 12.2 Å². The fraction of sp³-hybridized carbons (Fsp3) is 0.154. The summed E-state index contributed by atoms with van der Waals surface area (Å²) in [6.45, 7) is 4.53. The smallest absolute Gasteiger partial charge is 0.252 e. The Balaban J connectivity index is 1.41. The van der Waals surface area contributed by atoms with Gasteiger partial charge in [-0.3, -0.25) is 9.36 Å². The third-order valence-electron chi connectivity index (χ3n) is 6.03. The molecule has 0 aliphatic rings. The summed E-state index contributed by atoms with van der Waals surface area (Å²) in [4.78, 5) is 21.3. The SMILES string of the molecule is Cc1cc2nc([C@@H](CNC(=O)c3ccc(-n4cnnc4)cc3Cl)c3ccccc3)[nH]c2cc1C. The summed E-state index contributed by atoms with van der Waals surface area (Å²) in [6.07, 6.45) is 3.15. The highest BCUT2D eigenvalue weighted by Crippen LogP contribution is 2.26. The number of aromatic amines is 1. The number of carbonyl (C=O) groups excluding carboxylic acids is 1. The molecule has 2 N–H and O–H groups in total. The number of carbonyl (C=O) groups is 1. The number of halogens is 1. The van der Waals surface area contributed by atoms with Crippen molar-refractivity contribution in [3.8, 4) is 5.69 Å². The second-order valence-corrected chi connectivity index (χ2v) is 8.69. The fourth-order valence-electron chi connectivity index (χ4n) is 3.98. The molecule has 0 spiro atoms. The molecule has 0 radical (unpaired) electrons. The van der Waals surface area contributed by atoms with Crippen LogP contribution in [0, 0.1) is 13.8 Å². The number of H-pyrrole nitrogens is 1. The van der Waals surface area contributed by atoms with Gasteiger partial charge in [-0.2, -0.15) is 0 Å². The molecule has 2 heterocycles. The molecule has 3 aromatic carbocycles. The summed E-state index contributed by atoms with van der Waals surface area (Å²) in [6, 6.07) is 19.5. The zero-order valence-electron chi connectivity index (χ0n) is 18.8. The van der Waals surface area contributed by atoms with E-state index in [1.807, 2.05) is 36.4 Å². The minimum atomic E-state index is -0.246. The van der Waals surface area contributed by atoms with Gasteiger partial charge in [0.1, 0.15) is 18.5 Å². The van der Waals surface area contributed by atoms with Gasteiger partial charge >= 0.3 is 0 Å². The second kappa shape index (κ2) is 9.11. The zero-order chi connectivity index (χ0) is 23.7. The van der Waals surface area contributed by atoms with E-state index in [4.69, 9.17) is 16.6 Å². The Bertz CT molecular complexity index is 1420. The van der Waals surface area contributed by atoms with Crippen LogP contribution < -0.4 is 5.32 Å². The van der Waals surface area contributed by atoms with Crippen LogP contribution >= 0.6 is 11.6 Å². The summed E-state index contributed by atoms with van der Waals surface area (Å²) in [5.74, 6) is 0.415. The topological polar surface area (TPSA) is 88.5 Å². The highest BCUT2D eigenvalue weighted by atomic mass is 35.5. The van der Waals surface area contributed by atoms with Crippen molar-refractivity contribution in [2.45, 2.75) is 19.8 Å². The van der Waals surface area contributed by atoms with Crippen molar-refractivity contribution in [3.63, 3.8) is 0 Å². The number of fused-ring (bicyclic) bond motifs is 1. The van der Waals surface area contributed by atoms with E-state index in [1.165, 1.54) is 11.1 Å². The number of hydrogen-bond donors (Lipinski definition) is 2. The largest absolute Gasteiger partial charge is 0.351 e. The number of nitrogens with zero attached hydrogens (tertiary/aromatic N) is 4. The van der Waals surface area contributed by atoms with E-state index < -0.39 is 0 Å². The summed E-state index contributed by atoms with van der Waals surface area (Å²) in [5, 5.41) is 11.0. The van der Waals surface area contributed by atoms with Crippen LogP contribution in [-0.2, 0) is 0 Å². The lowest BCUT2D eigenvalue weighted by atomic mass is 9.98. The minimum absolute atomic E-state index is 0.145. The lowest BCUT2D eigenvalue weighted by Crippen LogP contribution is -2.29. The van der Waals surface area contributed by atoms with Crippen molar-refractivity contribution in [1.29, 1.82) is 0 Å². The molecule has 1 amide bonds. The molecular weight excluding hydrogens is 448 g/mol. The van der Waals surface area contributed by atoms with Crippen molar-refractivity contribution in [1.82, 2.24) is 30.0 Å². The van der Waals surface area contributed by atoms with Gasteiger partial charge < -0.3 is 10.3 Å². The van der Waals surface area contributed by atoms with Crippen molar-refractivity contribution in [2.24, 2.45) is 0 Å². The first-order valence-corrected chi connectivity index (χ1v) is 11.3. The molecule has 7 nitrogen and oxygen atoms in total. The molecule has 0 aliphatic carbocycles. The first kappa shape index (κ1) is 21.9. The van der Waals surface area contributed by atoms with E-state index in [2.05, 4.69) is 46.5 Å². The van der Waals surface area contributed by atoms with Crippen LogP contribution in [0.1, 0.15) is 38.8 Å². The van der Waals surface area contributed by atoms with Gasteiger partial charge in [0.15, 0.2) is 0 Å². The van der Waals surface area contributed by atoms with Crippen LogP contribution in [0.4, 0.5) is 0 Å². The van der Waals surface area contributed by atoms with Crippen LogP contribution in [-0.4, -0.2) is 37.2 Å². The Morgan fingerprint density at radius 2 is 1.76 bits per heavy atom. The molecule has 5 rings (SSSR count). The van der Waals surface area contributed by atoms with E-state index in [0.717, 1.165) is 28.1 Å². The molecule has 0 fully saturated rings. The number of amides is 1. The third kappa shape index (κ3) is 4.30. The van der Waals surface area contributed by atoms with E-state index in [1.54, 1.807) is 29.4 Å². The van der Waals surface area contributed by atoms with Crippen LogP contribution in [0.5, 0.6) is 0 Å². The van der Waals surface area contributed by atoms with E-state index in [-0.39, 0.29) is 11.8 Å². The number of hydrogen-bond acceptors (Lipinski definition) is 4. The quantitative estimate of drug-likeness (QED) is 0.366. The average molecular weight is 471 g/mol. The number of nitrogens with one attached hydrogen (secondary N) is 2. The summed E-state index contributed by atoms with van der Waals surface area (Å²) in [5.41, 5.74) is 6.54. The van der Waals surface area contributed by atoms with Crippen LogP contribution in [0.2, 0.25) is 5.02 Å². The first-order chi connectivity index (χ1) is 16.5. The predicted octanol–water partition coefficient (Wildman–Crippen LogP) is 4.98. The van der Waals surface area contributed by atoms with Crippen molar-refractivity contribution >= 4 is 28.5 Å². The van der Waals surface area contributed by atoms with Crippen molar-refractivity contribution < 1.29 is 4.79 Å². The van der Waals surface area contributed by atoms with E-state index >= 15 is 0 Å². The number of benzene rings is 3. The number of aromatic nitrogens is 5. The third-order valence-corrected chi connectivity index (χ3v) is 6.34. The molecule has 2 aromatic heterocycles. The van der Waals surface area contributed by atoms with Gasteiger partial charge in [-0.05, 0) is 60.9 Å². The van der Waals surface area contributed by atoms with Crippen LogP contribution in [0.25, 0.3) is 16.7 Å². The molecule has 1 atom stereocenters. The standard InChI is InChI=1S/C26H23ClN6O/c1-16-10-23-24(11-17(16)2)32-25(31-23)21(18-6-4-3-5-7-18)13-28-26(34)20-9-8-19(12-22(20)27)33-14-29-30-15-33/h3-12,14-15,21H,13H2,1-2H3,(H,28,34)(H,31,32)/t21-/m0/s1. The number of rotatable bonds is 6. The van der Waals surface area contributed by atoms with E-state index in [0.29, 0.717) is 17.1 Å². The molecule has 5 aromatic rings. The van der Waals surface area contributed by atoms with Crippen molar-refractivity contribution in [2.75, 3.05) is 6.54 Å². The Morgan fingerprint density at radius 3 is 2.50 bits per heavy atom. The highest BCUT2D eigenvalue weighted by Gasteiger charge is 2.21. The molecule has 0 aliphatic heterocycles. The normalized spacial score (nSPS) is 12.1. The highest BCUT2D eigenvalue weighted by molar-refractivity contribution is 6.34. The molecule has 0 saturated heterocycles. The van der Waals surface area contributed by atoms with Gasteiger partial charge in [-0.15, -0.1) is 10.2 Å². The molecule has 0 saturated carbocycles. The minimum Gasteiger partial charge on any atom is -0.351 e. The summed E-state index contributed by atoms with van der Waals surface area (Å²) >= 11 is 6.44. The molecular formula is C26H23ClN6O. The fourth-order valence-corrected chi connectivity index (χ4v) is 4.25. The Kier molecular flexibility index (Phi) is 5.86. The average Bonchev–Trinajstić information content (AvgIpc) is 3.50. The second-order valence-electron chi connectivity index (χ2n) is 8.28. The van der Waals surface area contributed by atoms with Crippen LogP contribution in [0.3, 0.4) is 0 Å². The Hall–Kier alpha value is -3.97. The van der Waals surface area contributed by atoms with E-state index in [9.17, 15) is 4.79 Å². The number of imidazole rings is 1. The molecule has 0 bridgehead atoms. The monoisotopic (exact) mass is 470 g/mol. The van der Waals surface area contributed by atoms with Crippen molar-refractivity contribution in [3.05, 3.63) is 106 Å². The number of aryl methyl sites for hydroxylation is 2. The lowest BCUT2D eigenvalue weighted by molar-refractivity contribution is 0.0952. The molecule has 0 unspecified atom stereocenters. The Labute approximate surface area is 201 Å². The molecule has 8 heteroatoms. The zero-order valence-corrected chi connectivity index (χ0v) is 19.5. The maximum absolute atomic E-state index is 13.0. The molecule has 34 heavy (non-hydrogen) atoms. The van der Waals surface area contributed by atoms with Gasteiger partial charge in [-0.25, -0.2) is 4.98 Å². The maximum Gasteiger partial charge on any atom is 0.252 e. The van der Waals surface area contributed by atoms with Crippen LogP contribution in [0.15, 0.2) is 73.3 Å². The van der Waals surface area contributed by atoms with Gasteiger partial charge in [0.25, 0.3) is 5.91 Å². The lowest BCUT2D eigenvalue weighted by Gasteiger charge is -2.17.